The Hall–Kier alpha value is -3.13. The number of carbonyl (C=O) groups is 1. The van der Waals surface area contributed by atoms with Gasteiger partial charge in [-0.3, -0.25) is 9.48 Å². The van der Waals surface area contributed by atoms with Gasteiger partial charge in [0.2, 0.25) is 0 Å². The van der Waals surface area contributed by atoms with Crippen molar-refractivity contribution in [2.24, 2.45) is 7.05 Å². The SMILES string of the molecule is Cn1cc(C(=O)NCc2cc(Cl)c3c(c2)OCCCO3)c(-c2ccc(F)cc2F)n1. The molecule has 2 heterocycles. The molecule has 4 rings (SSSR count). The van der Waals surface area contributed by atoms with Gasteiger partial charge in [-0.1, -0.05) is 11.6 Å². The van der Waals surface area contributed by atoms with Gasteiger partial charge in [0.25, 0.3) is 5.91 Å². The van der Waals surface area contributed by atoms with Crippen LogP contribution in [0.4, 0.5) is 8.78 Å². The molecule has 0 saturated heterocycles. The molecule has 9 heteroatoms. The highest BCUT2D eigenvalue weighted by Crippen LogP contribution is 2.38. The highest BCUT2D eigenvalue weighted by atomic mass is 35.5. The van der Waals surface area contributed by atoms with E-state index in [0.717, 1.165) is 24.1 Å². The molecule has 1 aromatic heterocycles. The van der Waals surface area contributed by atoms with Gasteiger partial charge in [-0.2, -0.15) is 5.10 Å². The normalized spacial score (nSPS) is 13.1. The minimum absolute atomic E-state index is 0.0424. The van der Waals surface area contributed by atoms with Crippen LogP contribution in [0.1, 0.15) is 22.3 Å². The van der Waals surface area contributed by atoms with Gasteiger partial charge >= 0.3 is 0 Å². The number of aromatic nitrogens is 2. The zero-order chi connectivity index (χ0) is 21.3. The van der Waals surface area contributed by atoms with Crippen LogP contribution in [0.2, 0.25) is 5.02 Å². The van der Waals surface area contributed by atoms with E-state index < -0.39 is 17.5 Å². The summed E-state index contributed by atoms with van der Waals surface area (Å²) in [6.07, 6.45) is 2.23. The van der Waals surface area contributed by atoms with Crippen molar-refractivity contribution in [2.45, 2.75) is 13.0 Å². The summed E-state index contributed by atoms with van der Waals surface area (Å²) in [6.45, 7) is 1.20. The zero-order valence-electron chi connectivity index (χ0n) is 16.0. The maximum absolute atomic E-state index is 14.2. The summed E-state index contributed by atoms with van der Waals surface area (Å²) in [4.78, 5) is 12.8. The van der Waals surface area contributed by atoms with Gasteiger partial charge in [-0.05, 0) is 29.8 Å². The smallest absolute Gasteiger partial charge is 0.255 e. The highest BCUT2D eigenvalue weighted by molar-refractivity contribution is 6.32. The first-order chi connectivity index (χ1) is 14.4. The summed E-state index contributed by atoms with van der Waals surface area (Å²) >= 11 is 6.29. The lowest BCUT2D eigenvalue weighted by atomic mass is 10.1. The van der Waals surface area contributed by atoms with Gasteiger partial charge in [0, 0.05) is 37.8 Å². The summed E-state index contributed by atoms with van der Waals surface area (Å²) in [5.41, 5.74) is 1.06. The number of hydrogen-bond acceptors (Lipinski definition) is 4. The lowest BCUT2D eigenvalue weighted by Gasteiger charge is -2.12. The van der Waals surface area contributed by atoms with Crippen LogP contribution in [0.5, 0.6) is 11.5 Å². The summed E-state index contributed by atoms with van der Waals surface area (Å²) in [5, 5.41) is 7.34. The Morgan fingerprint density at radius 1 is 1.23 bits per heavy atom. The highest BCUT2D eigenvalue weighted by Gasteiger charge is 2.21. The second-order valence-electron chi connectivity index (χ2n) is 6.83. The number of nitrogens with one attached hydrogen (secondary N) is 1. The Morgan fingerprint density at radius 3 is 2.83 bits per heavy atom. The molecule has 0 bridgehead atoms. The molecule has 0 aliphatic carbocycles. The van der Waals surface area contributed by atoms with Gasteiger partial charge in [-0.15, -0.1) is 0 Å². The van der Waals surface area contributed by atoms with Gasteiger partial charge in [-0.25, -0.2) is 8.78 Å². The van der Waals surface area contributed by atoms with E-state index in [4.69, 9.17) is 21.1 Å². The number of amides is 1. The van der Waals surface area contributed by atoms with E-state index in [-0.39, 0.29) is 23.4 Å². The van der Waals surface area contributed by atoms with Gasteiger partial charge in [0.15, 0.2) is 11.5 Å². The first kappa shape index (κ1) is 20.2. The minimum Gasteiger partial charge on any atom is -0.489 e. The molecule has 1 aliphatic rings. The molecule has 1 aliphatic heterocycles. The van der Waals surface area contributed by atoms with Crippen molar-refractivity contribution in [2.75, 3.05) is 13.2 Å². The third-order valence-electron chi connectivity index (χ3n) is 4.57. The van der Waals surface area contributed by atoms with Gasteiger partial charge < -0.3 is 14.8 Å². The largest absolute Gasteiger partial charge is 0.489 e. The Balaban J connectivity index is 1.56. The van der Waals surface area contributed by atoms with E-state index in [2.05, 4.69) is 10.4 Å². The summed E-state index contributed by atoms with van der Waals surface area (Å²) in [6, 6.07) is 6.59. The quantitative estimate of drug-likeness (QED) is 0.672. The van der Waals surface area contributed by atoms with Gasteiger partial charge in [0.05, 0.1) is 23.8 Å². The third-order valence-corrected chi connectivity index (χ3v) is 4.86. The minimum atomic E-state index is -0.794. The molecule has 2 aromatic carbocycles. The Bertz CT molecular complexity index is 1120. The molecule has 6 nitrogen and oxygen atoms in total. The summed E-state index contributed by atoms with van der Waals surface area (Å²) in [5.74, 6) is -0.933. The predicted molar refractivity (Wildman–Crippen MR) is 107 cm³/mol. The number of halogens is 3. The fraction of sp³-hybridized carbons (Fsp3) is 0.238. The fourth-order valence-electron chi connectivity index (χ4n) is 3.20. The van der Waals surface area contributed by atoms with Crippen LogP contribution in [-0.2, 0) is 13.6 Å². The lowest BCUT2D eigenvalue weighted by molar-refractivity contribution is 0.0951. The second-order valence-corrected chi connectivity index (χ2v) is 7.23. The van der Waals surface area contributed by atoms with Crippen molar-refractivity contribution >= 4 is 17.5 Å². The van der Waals surface area contributed by atoms with Crippen molar-refractivity contribution in [1.29, 1.82) is 0 Å². The van der Waals surface area contributed by atoms with Crippen LogP contribution in [0.25, 0.3) is 11.3 Å². The zero-order valence-corrected chi connectivity index (χ0v) is 16.8. The van der Waals surface area contributed by atoms with Gasteiger partial charge in [0.1, 0.15) is 17.3 Å². The average molecular weight is 434 g/mol. The van der Waals surface area contributed by atoms with Crippen LogP contribution in [-0.4, -0.2) is 28.9 Å². The molecule has 3 aromatic rings. The number of aryl methyl sites for hydroxylation is 1. The van der Waals surface area contributed by atoms with Crippen LogP contribution in [0.3, 0.4) is 0 Å². The van der Waals surface area contributed by atoms with E-state index in [1.165, 1.54) is 16.9 Å². The van der Waals surface area contributed by atoms with Crippen LogP contribution < -0.4 is 14.8 Å². The Kier molecular flexibility index (Phi) is 5.59. The summed E-state index contributed by atoms with van der Waals surface area (Å²) in [7, 11) is 1.62. The first-order valence-corrected chi connectivity index (χ1v) is 9.65. The van der Waals surface area contributed by atoms with E-state index in [0.29, 0.717) is 29.7 Å². The van der Waals surface area contributed by atoms with E-state index in [1.54, 1.807) is 19.2 Å². The number of fused-ring (bicyclic) bond motifs is 1. The van der Waals surface area contributed by atoms with Crippen LogP contribution in [0, 0.1) is 11.6 Å². The van der Waals surface area contributed by atoms with E-state index >= 15 is 0 Å². The second kappa shape index (κ2) is 8.31. The average Bonchev–Trinajstić information content (AvgIpc) is 2.93. The number of nitrogens with zero attached hydrogens (tertiary/aromatic N) is 2. The molecule has 0 spiro atoms. The molecule has 0 radical (unpaired) electrons. The molecule has 1 N–H and O–H groups in total. The molecular weight excluding hydrogens is 416 g/mol. The first-order valence-electron chi connectivity index (χ1n) is 9.27. The summed E-state index contributed by atoms with van der Waals surface area (Å²) < 4.78 is 40.1. The molecule has 0 unspecified atom stereocenters. The number of rotatable bonds is 4. The molecule has 0 atom stereocenters. The monoisotopic (exact) mass is 433 g/mol. The lowest BCUT2D eigenvalue weighted by Crippen LogP contribution is -2.23. The number of benzene rings is 2. The van der Waals surface area contributed by atoms with Crippen molar-refractivity contribution in [3.05, 3.63) is 64.3 Å². The van der Waals surface area contributed by atoms with E-state index in [1.807, 2.05) is 0 Å². The topological polar surface area (TPSA) is 65.4 Å². The molecule has 0 saturated carbocycles. The molecular formula is C21H18ClF2N3O3. The molecule has 1 amide bonds. The van der Waals surface area contributed by atoms with Crippen LogP contribution in [0.15, 0.2) is 36.5 Å². The standard InChI is InChI=1S/C21H18ClF2N3O3/c1-27-11-15(19(26-27)14-4-3-13(23)9-17(14)24)21(28)25-10-12-7-16(22)20-18(8-12)29-5-2-6-30-20/h3-4,7-9,11H,2,5-6,10H2,1H3,(H,25,28). The number of hydrogen-bond donors (Lipinski definition) is 1. The van der Waals surface area contributed by atoms with Crippen molar-refractivity contribution in [3.63, 3.8) is 0 Å². The van der Waals surface area contributed by atoms with Crippen molar-refractivity contribution in [1.82, 2.24) is 15.1 Å². The fourth-order valence-corrected chi connectivity index (χ4v) is 3.49. The third kappa shape index (κ3) is 4.09. The van der Waals surface area contributed by atoms with Crippen molar-refractivity contribution in [3.8, 4) is 22.8 Å². The Labute approximate surface area is 176 Å². The number of carbonyl (C=O) groups excluding carboxylic acids is 1. The van der Waals surface area contributed by atoms with E-state index in [9.17, 15) is 13.6 Å². The number of ether oxygens (including phenoxy) is 2. The predicted octanol–water partition coefficient (Wildman–Crippen LogP) is 4.11. The van der Waals surface area contributed by atoms with Crippen molar-refractivity contribution < 1.29 is 23.0 Å². The molecule has 30 heavy (non-hydrogen) atoms. The Morgan fingerprint density at radius 2 is 2.03 bits per heavy atom. The van der Waals surface area contributed by atoms with Crippen LogP contribution >= 0.6 is 11.6 Å². The molecule has 0 fully saturated rings. The molecule has 156 valence electrons. The maximum Gasteiger partial charge on any atom is 0.255 e. The maximum atomic E-state index is 14.2.